The molecule has 0 saturated heterocycles. The average molecular weight is 439 g/mol. The summed E-state index contributed by atoms with van der Waals surface area (Å²) in [6, 6.07) is 14.9. The van der Waals surface area contributed by atoms with Crippen LogP contribution >= 0.6 is 11.8 Å². The molecule has 2 aromatic heterocycles. The van der Waals surface area contributed by atoms with E-state index in [1.165, 1.54) is 23.9 Å². The van der Waals surface area contributed by atoms with Gasteiger partial charge in [0.05, 0.1) is 22.5 Å². The molecule has 0 radical (unpaired) electrons. The van der Waals surface area contributed by atoms with Gasteiger partial charge in [-0.15, -0.1) is 0 Å². The number of aryl methyl sites for hydroxylation is 1. The van der Waals surface area contributed by atoms with E-state index in [1.54, 1.807) is 29.7 Å². The van der Waals surface area contributed by atoms with Gasteiger partial charge >= 0.3 is 0 Å². The van der Waals surface area contributed by atoms with E-state index in [2.05, 4.69) is 20.8 Å². The Hall–Kier alpha value is -3.66. The minimum Gasteiger partial charge on any atom is -0.360 e. The van der Waals surface area contributed by atoms with Gasteiger partial charge in [0.15, 0.2) is 11.0 Å². The summed E-state index contributed by atoms with van der Waals surface area (Å²) in [5, 5.41) is 9.44. The van der Waals surface area contributed by atoms with Crippen molar-refractivity contribution in [2.75, 3.05) is 16.4 Å². The number of aromatic nitrogens is 3. The Morgan fingerprint density at radius 2 is 1.87 bits per heavy atom. The number of hydrogen-bond acceptors (Lipinski definition) is 6. The molecule has 4 rings (SSSR count). The van der Waals surface area contributed by atoms with Gasteiger partial charge in [0.1, 0.15) is 18.1 Å². The lowest BCUT2D eigenvalue weighted by atomic mass is 10.3. The number of fused-ring (bicyclic) bond motifs is 1. The van der Waals surface area contributed by atoms with Crippen LogP contribution in [0.15, 0.2) is 64.3 Å². The largest absolute Gasteiger partial charge is 0.360 e. The summed E-state index contributed by atoms with van der Waals surface area (Å²) in [4.78, 5) is 29.4. The molecule has 0 aliphatic heterocycles. The maximum atomic E-state index is 13.9. The molecule has 0 atom stereocenters. The number of nitrogens with one attached hydrogen (secondary N) is 2. The van der Waals surface area contributed by atoms with Crippen molar-refractivity contribution in [2.24, 2.45) is 0 Å². The number of anilines is 2. The Kier molecular flexibility index (Phi) is 5.99. The normalized spacial score (nSPS) is 10.9. The van der Waals surface area contributed by atoms with Crippen LogP contribution in [-0.4, -0.2) is 32.3 Å². The molecule has 0 spiro atoms. The molecule has 0 unspecified atom stereocenters. The molecule has 0 aliphatic rings. The van der Waals surface area contributed by atoms with Gasteiger partial charge in [0.2, 0.25) is 11.8 Å². The molecule has 0 fully saturated rings. The van der Waals surface area contributed by atoms with Gasteiger partial charge in [-0.1, -0.05) is 41.2 Å². The molecule has 10 heteroatoms. The average Bonchev–Trinajstić information content (AvgIpc) is 3.31. The van der Waals surface area contributed by atoms with E-state index in [0.29, 0.717) is 22.3 Å². The number of halogens is 1. The molecule has 4 aromatic rings. The zero-order chi connectivity index (χ0) is 21.8. The highest BCUT2D eigenvalue weighted by molar-refractivity contribution is 7.99. The molecular weight excluding hydrogens is 421 g/mol. The monoisotopic (exact) mass is 439 g/mol. The highest BCUT2D eigenvalue weighted by atomic mass is 32.2. The third kappa shape index (κ3) is 4.92. The number of carbonyl (C=O) groups is 2. The summed E-state index contributed by atoms with van der Waals surface area (Å²) in [5.41, 5.74) is 1.53. The summed E-state index contributed by atoms with van der Waals surface area (Å²) in [6.07, 6.45) is 0. The number of carbonyl (C=O) groups excluding carboxylic acids is 2. The number of para-hydroxylation sites is 3. The van der Waals surface area contributed by atoms with Crippen molar-refractivity contribution in [1.82, 2.24) is 14.7 Å². The van der Waals surface area contributed by atoms with Crippen LogP contribution in [0.25, 0.3) is 11.0 Å². The Morgan fingerprint density at radius 3 is 2.65 bits per heavy atom. The van der Waals surface area contributed by atoms with Gasteiger partial charge in [-0.3, -0.25) is 9.59 Å². The molecule has 31 heavy (non-hydrogen) atoms. The number of benzene rings is 2. The fraction of sp³-hybridized carbons (Fsp3) is 0.143. The van der Waals surface area contributed by atoms with Gasteiger partial charge in [0, 0.05) is 6.07 Å². The first-order valence-electron chi connectivity index (χ1n) is 9.35. The Labute approximate surface area is 180 Å². The van der Waals surface area contributed by atoms with Crippen LogP contribution in [0.2, 0.25) is 0 Å². The van der Waals surface area contributed by atoms with Crippen molar-refractivity contribution < 1.29 is 18.5 Å². The Morgan fingerprint density at radius 1 is 1.10 bits per heavy atom. The van der Waals surface area contributed by atoms with Gasteiger partial charge in [0.25, 0.3) is 0 Å². The topological polar surface area (TPSA) is 102 Å². The van der Waals surface area contributed by atoms with Crippen LogP contribution in [0.4, 0.5) is 15.9 Å². The molecule has 2 aromatic carbocycles. The van der Waals surface area contributed by atoms with Crippen molar-refractivity contribution in [3.8, 4) is 0 Å². The summed E-state index contributed by atoms with van der Waals surface area (Å²) in [7, 11) is 0. The summed E-state index contributed by atoms with van der Waals surface area (Å²) in [6.45, 7) is 1.65. The molecule has 0 saturated carbocycles. The van der Waals surface area contributed by atoms with Gasteiger partial charge in [-0.2, -0.15) is 0 Å². The second kappa shape index (κ2) is 9.00. The fourth-order valence-electron chi connectivity index (χ4n) is 2.95. The van der Waals surface area contributed by atoms with E-state index in [1.807, 2.05) is 24.3 Å². The number of imidazole rings is 1. The van der Waals surface area contributed by atoms with Crippen LogP contribution in [0.3, 0.4) is 0 Å². The smallest absolute Gasteiger partial charge is 0.244 e. The highest BCUT2D eigenvalue weighted by Crippen LogP contribution is 2.24. The van der Waals surface area contributed by atoms with E-state index in [0.717, 1.165) is 5.52 Å². The lowest BCUT2D eigenvalue weighted by molar-refractivity contribution is -0.117. The quantitative estimate of drug-likeness (QED) is 0.424. The van der Waals surface area contributed by atoms with Gasteiger partial charge in [-0.25, -0.2) is 9.37 Å². The van der Waals surface area contributed by atoms with Gasteiger partial charge in [-0.05, 0) is 31.2 Å². The standard InChI is InChI=1S/C21H18FN5O3S/c1-13-10-18(26-30-13)25-20(29)12-31-21-24-16-8-4-5-9-17(16)27(21)11-19(28)23-15-7-3-2-6-14(15)22/h2-10H,11-12H2,1H3,(H,23,28)(H,25,26,29). The van der Waals surface area contributed by atoms with Crippen molar-refractivity contribution in [3.63, 3.8) is 0 Å². The van der Waals surface area contributed by atoms with Crippen molar-refractivity contribution in [1.29, 1.82) is 0 Å². The molecule has 8 nitrogen and oxygen atoms in total. The maximum absolute atomic E-state index is 13.9. The lowest BCUT2D eigenvalue weighted by Crippen LogP contribution is -2.20. The number of amides is 2. The molecule has 2 heterocycles. The van der Waals surface area contributed by atoms with Crippen LogP contribution in [0.5, 0.6) is 0 Å². The maximum Gasteiger partial charge on any atom is 0.244 e. The number of rotatable bonds is 7. The van der Waals surface area contributed by atoms with E-state index in [9.17, 15) is 14.0 Å². The first-order valence-corrected chi connectivity index (χ1v) is 10.3. The molecule has 2 amide bonds. The van der Waals surface area contributed by atoms with Gasteiger partial charge < -0.3 is 19.7 Å². The fourth-order valence-corrected chi connectivity index (χ4v) is 3.76. The Balaban J connectivity index is 1.49. The second-order valence-electron chi connectivity index (χ2n) is 6.66. The third-order valence-corrected chi connectivity index (χ3v) is 5.27. The first-order chi connectivity index (χ1) is 15.0. The molecular formula is C21H18FN5O3S. The Bertz CT molecular complexity index is 1250. The lowest BCUT2D eigenvalue weighted by Gasteiger charge is -2.10. The first kappa shape index (κ1) is 20.6. The van der Waals surface area contributed by atoms with E-state index in [4.69, 9.17) is 4.52 Å². The third-order valence-electron chi connectivity index (χ3n) is 4.30. The summed E-state index contributed by atoms with van der Waals surface area (Å²) in [5.74, 6) is -0.220. The summed E-state index contributed by atoms with van der Waals surface area (Å²) >= 11 is 1.19. The van der Waals surface area contributed by atoms with Crippen LogP contribution < -0.4 is 10.6 Å². The zero-order valence-corrected chi connectivity index (χ0v) is 17.3. The number of nitrogens with zero attached hydrogens (tertiary/aromatic N) is 3. The van der Waals surface area contributed by atoms with E-state index < -0.39 is 11.7 Å². The van der Waals surface area contributed by atoms with Crippen LogP contribution in [0, 0.1) is 12.7 Å². The number of hydrogen-bond donors (Lipinski definition) is 2. The van der Waals surface area contributed by atoms with E-state index >= 15 is 0 Å². The van der Waals surface area contributed by atoms with Crippen molar-refractivity contribution >= 4 is 46.1 Å². The molecule has 2 N–H and O–H groups in total. The minimum absolute atomic E-state index is 0.0597. The van der Waals surface area contributed by atoms with Crippen LogP contribution in [0.1, 0.15) is 5.76 Å². The van der Waals surface area contributed by atoms with Crippen molar-refractivity contribution in [3.05, 3.63) is 66.2 Å². The SMILES string of the molecule is Cc1cc(NC(=O)CSc2nc3ccccc3n2CC(=O)Nc2ccccc2F)no1. The van der Waals surface area contributed by atoms with Crippen molar-refractivity contribution in [2.45, 2.75) is 18.6 Å². The van der Waals surface area contributed by atoms with Crippen LogP contribution in [-0.2, 0) is 16.1 Å². The molecule has 158 valence electrons. The summed E-state index contributed by atoms with van der Waals surface area (Å²) < 4.78 is 20.5. The molecule has 0 bridgehead atoms. The number of thioether (sulfide) groups is 1. The predicted molar refractivity (Wildman–Crippen MR) is 115 cm³/mol. The zero-order valence-electron chi connectivity index (χ0n) is 16.5. The highest BCUT2D eigenvalue weighted by Gasteiger charge is 2.17. The second-order valence-corrected chi connectivity index (χ2v) is 7.60. The molecule has 0 aliphatic carbocycles. The van der Waals surface area contributed by atoms with E-state index in [-0.39, 0.29) is 23.9 Å². The predicted octanol–water partition coefficient (Wildman–Crippen LogP) is 3.84. The minimum atomic E-state index is -0.513.